The molecule has 0 radical (unpaired) electrons. The number of nitrogens with one attached hydrogen (secondary N) is 1. The lowest BCUT2D eigenvalue weighted by atomic mass is 9.99. The Labute approximate surface area is 196 Å². The zero-order valence-corrected chi connectivity index (χ0v) is 19.6. The second-order valence-electron chi connectivity index (χ2n) is 7.10. The first-order chi connectivity index (χ1) is 15.4. The number of carbonyl (C=O) groups excluding carboxylic acids is 2. The van der Waals surface area contributed by atoms with E-state index >= 15 is 0 Å². The zero-order valence-electron chi connectivity index (χ0n) is 17.2. The molecule has 4 aromatic rings. The lowest BCUT2D eigenvalue weighted by Gasteiger charge is -2.09. The summed E-state index contributed by atoms with van der Waals surface area (Å²) >= 11 is 4.63. The molecule has 0 saturated heterocycles. The first kappa shape index (κ1) is 22.0. The van der Waals surface area contributed by atoms with E-state index in [2.05, 4.69) is 21.2 Å². The van der Waals surface area contributed by atoms with Crippen molar-refractivity contribution < 1.29 is 18.7 Å². The summed E-state index contributed by atoms with van der Waals surface area (Å²) in [5.74, 6) is -1.23. The average Bonchev–Trinajstić information content (AvgIpc) is 3.22. The molecule has 0 spiro atoms. The lowest BCUT2D eigenvalue weighted by Crippen LogP contribution is -2.21. The Balaban J connectivity index is 1.70. The monoisotopic (exact) mass is 511 g/mol. The summed E-state index contributed by atoms with van der Waals surface area (Å²) < 4.78 is 11.0. The summed E-state index contributed by atoms with van der Waals surface area (Å²) in [5.41, 5.74) is 0.768. The number of ether oxygens (including phenoxy) is 1. The molecule has 1 atom stereocenters. The molecule has 0 saturated carbocycles. The first-order valence-corrected chi connectivity index (χ1v) is 11.3. The second-order valence-corrected chi connectivity index (χ2v) is 9.10. The van der Waals surface area contributed by atoms with Gasteiger partial charge in [0.25, 0.3) is 5.91 Å². The molecule has 2 aromatic carbocycles. The molecule has 1 N–H and O–H groups in total. The topological polar surface area (TPSA) is 85.6 Å². The van der Waals surface area contributed by atoms with Gasteiger partial charge in [0, 0.05) is 20.7 Å². The third-order valence-electron chi connectivity index (χ3n) is 5.05. The highest BCUT2D eigenvalue weighted by molar-refractivity contribution is 9.10. The van der Waals surface area contributed by atoms with E-state index in [9.17, 15) is 14.4 Å². The Bertz CT molecular complexity index is 1380. The Morgan fingerprint density at radius 2 is 1.81 bits per heavy atom. The van der Waals surface area contributed by atoms with Crippen molar-refractivity contribution in [2.45, 2.75) is 12.8 Å². The summed E-state index contributed by atoms with van der Waals surface area (Å²) in [7, 11) is 1.28. The van der Waals surface area contributed by atoms with Crippen molar-refractivity contribution in [3.05, 3.63) is 97.1 Å². The number of hydrogen-bond donors (Lipinski definition) is 1. The van der Waals surface area contributed by atoms with Crippen LogP contribution in [0.1, 0.15) is 44.0 Å². The van der Waals surface area contributed by atoms with E-state index < -0.39 is 17.5 Å². The maximum absolute atomic E-state index is 12.9. The zero-order chi connectivity index (χ0) is 22.8. The van der Waals surface area contributed by atoms with Crippen LogP contribution in [-0.2, 0) is 4.74 Å². The minimum atomic E-state index is -0.758. The fraction of sp³-hybridized carbons (Fsp3) is 0.125. The molecular weight excluding hydrogens is 494 g/mol. The van der Waals surface area contributed by atoms with Crippen LogP contribution in [0.25, 0.3) is 11.0 Å². The first-order valence-electron chi connectivity index (χ1n) is 9.69. The van der Waals surface area contributed by atoms with Crippen molar-refractivity contribution in [3.8, 4) is 0 Å². The van der Waals surface area contributed by atoms with E-state index in [1.54, 1.807) is 24.3 Å². The number of benzene rings is 2. The number of fused-ring (bicyclic) bond motifs is 1. The summed E-state index contributed by atoms with van der Waals surface area (Å²) in [6.07, 6.45) is 0. The maximum atomic E-state index is 12.9. The van der Waals surface area contributed by atoms with Crippen LogP contribution in [0.15, 0.2) is 74.3 Å². The molecule has 2 aromatic heterocycles. The summed E-state index contributed by atoms with van der Waals surface area (Å²) in [4.78, 5) is 38.6. The van der Waals surface area contributed by atoms with Crippen molar-refractivity contribution in [1.82, 2.24) is 0 Å². The molecule has 8 heteroatoms. The van der Waals surface area contributed by atoms with Crippen LogP contribution in [0, 0.1) is 0 Å². The number of thiophene rings is 1. The van der Waals surface area contributed by atoms with Crippen molar-refractivity contribution in [2.24, 2.45) is 0 Å². The van der Waals surface area contributed by atoms with Gasteiger partial charge in [-0.2, -0.15) is 0 Å². The lowest BCUT2D eigenvalue weighted by molar-refractivity contribution is 0.0602. The molecule has 0 aliphatic rings. The molecule has 1 amide bonds. The fourth-order valence-electron chi connectivity index (χ4n) is 3.31. The Morgan fingerprint density at radius 3 is 2.53 bits per heavy atom. The molecule has 6 nitrogen and oxygen atoms in total. The van der Waals surface area contributed by atoms with E-state index in [4.69, 9.17) is 9.15 Å². The molecule has 0 bridgehead atoms. The Kier molecular flexibility index (Phi) is 6.25. The number of hydrogen-bond acceptors (Lipinski definition) is 6. The quantitative estimate of drug-likeness (QED) is 0.270. The second kappa shape index (κ2) is 9.10. The van der Waals surface area contributed by atoms with Gasteiger partial charge in [0.1, 0.15) is 16.1 Å². The average molecular weight is 512 g/mol. The van der Waals surface area contributed by atoms with Gasteiger partial charge in [0.2, 0.25) is 0 Å². The van der Waals surface area contributed by atoms with E-state index in [0.717, 1.165) is 14.9 Å². The SMILES string of the molecule is COC(=O)c1cc(C(C)c2ccccc2)sc1NC(=O)c1cc2cc(Br)ccc2oc1=O. The molecule has 4 rings (SSSR count). The highest BCUT2D eigenvalue weighted by atomic mass is 79.9. The Hall–Kier alpha value is -3.23. The smallest absolute Gasteiger partial charge is 0.349 e. The molecule has 0 fully saturated rings. The molecule has 32 heavy (non-hydrogen) atoms. The maximum Gasteiger partial charge on any atom is 0.349 e. The molecule has 1 unspecified atom stereocenters. The highest BCUT2D eigenvalue weighted by Gasteiger charge is 2.23. The van der Waals surface area contributed by atoms with Crippen LogP contribution in [0.2, 0.25) is 0 Å². The normalized spacial score (nSPS) is 11.8. The van der Waals surface area contributed by atoms with Crippen LogP contribution >= 0.6 is 27.3 Å². The van der Waals surface area contributed by atoms with Crippen LogP contribution in [0.4, 0.5) is 5.00 Å². The van der Waals surface area contributed by atoms with E-state index in [0.29, 0.717) is 16.0 Å². The number of anilines is 1. The van der Waals surface area contributed by atoms with Crippen molar-refractivity contribution in [3.63, 3.8) is 0 Å². The van der Waals surface area contributed by atoms with Gasteiger partial charge in [-0.15, -0.1) is 11.3 Å². The summed E-state index contributed by atoms with van der Waals surface area (Å²) in [6, 6.07) is 18.1. The summed E-state index contributed by atoms with van der Waals surface area (Å²) in [5, 5.41) is 3.61. The van der Waals surface area contributed by atoms with E-state index in [-0.39, 0.29) is 17.0 Å². The van der Waals surface area contributed by atoms with Crippen molar-refractivity contribution in [1.29, 1.82) is 0 Å². The van der Waals surface area contributed by atoms with Gasteiger partial charge in [-0.05, 0) is 35.9 Å². The van der Waals surface area contributed by atoms with Crippen LogP contribution in [0.3, 0.4) is 0 Å². The number of halogens is 1. The number of carbonyl (C=O) groups is 2. The van der Waals surface area contributed by atoms with Crippen LogP contribution < -0.4 is 10.9 Å². The molecule has 0 aliphatic carbocycles. The third-order valence-corrected chi connectivity index (χ3v) is 6.78. The van der Waals surface area contributed by atoms with Crippen LogP contribution in [0.5, 0.6) is 0 Å². The number of amides is 1. The van der Waals surface area contributed by atoms with Gasteiger partial charge >= 0.3 is 11.6 Å². The van der Waals surface area contributed by atoms with Gasteiger partial charge in [-0.3, -0.25) is 4.79 Å². The van der Waals surface area contributed by atoms with Crippen molar-refractivity contribution >= 4 is 55.1 Å². The number of methoxy groups -OCH3 is 1. The molecule has 2 heterocycles. The predicted octanol–water partition coefficient (Wildman–Crippen LogP) is 5.81. The standard InChI is InChI=1S/C24H18BrNO5S/c1-13(14-6-4-3-5-7-14)20-12-18(23(28)30-2)22(32-20)26-21(27)17-11-15-10-16(25)8-9-19(15)31-24(17)29/h3-13H,1-2H3,(H,26,27). The van der Waals surface area contributed by atoms with E-state index in [1.165, 1.54) is 24.5 Å². The van der Waals surface area contributed by atoms with Gasteiger partial charge in [0.15, 0.2) is 0 Å². The largest absolute Gasteiger partial charge is 0.465 e. The Morgan fingerprint density at radius 1 is 1.06 bits per heavy atom. The summed E-state index contributed by atoms with van der Waals surface area (Å²) in [6.45, 7) is 2.02. The van der Waals surface area contributed by atoms with E-state index in [1.807, 2.05) is 37.3 Å². The van der Waals surface area contributed by atoms with Crippen LogP contribution in [-0.4, -0.2) is 19.0 Å². The molecule has 162 valence electrons. The highest BCUT2D eigenvalue weighted by Crippen LogP contribution is 2.36. The van der Waals surface area contributed by atoms with Gasteiger partial charge < -0.3 is 14.5 Å². The fourth-order valence-corrected chi connectivity index (χ4v) is 4.81. The van der Waals surface area contributed by atoms with Gasteiger partial charge in [-0.1, -0.05) is 53.2 Å². The molecular formula is C24H18BrNO5S. The van der Waals surface area contributed by atoms with Crippen molar-refractivity contribution in [2.75, 3.05) is 12.4 Å². The predicted molar refractivity (Wildman–Crippen MR) is 128 cm³/mol. The van der Waals surface area contributed by atoms with Gasteiger partial charge in [0.05, 0.1) is 12.7 Å². The minimum absolute atomic E-state index is 0.00153. The van der Waals surface area contributed by atoms with Gasteiger partial charge in [-0.25, -0.2) is 9.59 Å². The minimum Gasteiger partial charge on any atom is -0.465 e. The number of esters is 1. The third kappa shape index (κ3) is 4.37. The number of rotatable bonds is 5. The molecule has 0 aliphatic heterocycles.